The number of rotatable bonds is 4. The molecule has 3 aromatic heterocycles. The molecule has 0 bridgehead atoms. The van der Waals surface area contributed by atoms with Gasteiger partial charge in [-0.3, -0.25) is 9.97 Å². The number of aromatic nitrogens is 3. The van der Waals surface area contributed by atoms with E-state index < -0.39 is 5.97 Å². The van der Waals surface area contributed by atoms with Crippen LogP contribution in [-0.4, -0.2) is 32.6 Å². The minimum Gasteiger partial charge on any atom is -0.478 e. The van der Waals surface area contributed by atoms with Crippen molar-refractivity contribution >= 4 is 5.97 Å². The van der Waals surface area contributed by atoms with Gasteiger partial charge in [0.25, 0.3) is 0 Å². The summed E-state index contributed by atoms with van der Waals surface area (Å²) in [6.07, 6.45) is 7.09. The van der Waals surface area contributed by atoms with Crippen LogP contribution in [0.2, 0.25) is 0 Å². The highest BCUT2D eigenvalue weighted by Crippen LogP contribution is 2.51. The second-order valence-electron chi connectivity index (χ2n) is 7.93. The van der Waals surface area contributed by atoms with Crippen LogP contribution in [0.3, 0.4) is 0 Å². The third kappa shape index (κ3) is 2.48. The van der Waals surface area contributed by atoms with Gasteiger partial charge in [-0.15, -0.1) is 0 Å². The smallest absolute Gasteiger partial charge is 0.337 e. The number of carboxylic acid groups (broad SMARTS) is 1. The fourth-order valence-corrected chi connectivity index (χ4v) is 4.31. The summed E-state index contributed by atoms with van der Waals surface area (Å²) in [5.74, 6) is -0.868. The fraction of sp³-hybridized carbons (Fsp3) is 0.318. The van der Waals surface area contributed by atoms with Crippen molar-refractivity contribution in [2.75, 3.05) is 6.54 Å². The molecule has 0 aromatic carbocycles. The van der Waals surface area contributed by atoms with E-state index in [9.17, 15) is 9.90 Å². The molecule has 142 valence electrons. The molecule has 6 nitrogen and oxygen atoms in total. The van der Waals surface area contributed by atoms with Crippen LogP contribution in [0.15, 0.2) is 30.6 Å². The van der Waals surface area contributed by atoms with Crippen LogP contribution in [0.5, 0.6) is 0 Å². The third-order valence-corrected chi connectivity index (χ3v) is 6.20. The molecule has 0 spiro atoms. The van der Waals surface area contributed by atoms with E-state index in [1.54, 1.807) is 0 Å². The van der Waals surface area contributed by atoms with Crippen molar-refractivity contribution in [2.45, 2.75) is 38.0 Å². The zero-order chi connectivity index (χ0) is 19.5. The summed E-state index contributed by atoms with van der Waals surface area (Å²) in [6, 6.07) is 6.03. The van der Waals surface area contributed by atoms with Crippen molar-refractivity contribution in [3.63, 3.8) is 0 Å². The molecule has 3 aromatic rings. The average Bonchev–Trinajstić information content (AvgIpc) is 3.40. The summed E-state index contributed by atoms with van der Waals surface area (Å²) in [4.78, 5) is 24.6. The Morgan fingerprint density at radius 3 is 2.71 bits per heavy atom. The van der Waals surface area contributed by atoms with Crippen molar-refractivity contribution < 1.29 is 9.90 Å². The van der Waals surface area contributed by atoms with Gasteiger partial charge in [-0.05, 0) is 61.9 Å². The van der Waals surface area contributed by atoms with Crippen LogP contribution in [-0.2, 0) is 18.3 Å². The Morgan fingerprint density at radius 2 is 2.07 bits per heavy atom. The van der Waals surface area contributed by atoms with Crippen LogP contribution in [0.25, 0.3) is 22.5 Å². The molecule has 0 amide bonds. The number of nitrogens with one attached hydrogen (secondary N) is 1. The van der Waals surface area contributed by atoms with Gasteiger partial charge in [-0.2, -0.15) is 0 Å². The predicted molar refractivity (Wildman–Crippen MR) is 106 cm³/mol. The first kappa shape index (κ1) is 17.1. The van der Waals surface area contributed by atoms with Gasteiger partial charge in [-0.1, -0.05) is 0 Å². The second-order valence-corrected chi connectivity index (χ2v) is 7.93. The number of aromatic carboxylic acids is 1. The number of nitrogens with zero attached hydrogens (tertiary/aromatic N) is 2. The zero-order valence-electron chi connectivity index (χ0n) is 15.7. The summed E-state index contributed by atoms with van der Waals surface area (Å²) < 4.78 is 0. The highest BCUT2D eigenvalue weighted by Gasteiger charge is 2.48. The van der Waals surface area contributed by atoms with Crippen LogP contribution >= 0.6 is 0 Å². The largest absolute Gasteiger partial charge is 0.478 e. The molecule has 0 radical (unpaired) electrons. The molecule has 0 aliphatic heterocycles. The summed E-state index contributed by atoms with van der Waals surface area (Å²) in [6.45, 7) is 2.42. The minimum atomic E-state index is -0.868. The summed E-state index contributed by atoms with van der Waals surface area (Å²) in [5.41, 5.74) is 13.8. The van der Waals surface area contributed by atoms with Crippen LogP contribution in [0, 0.1) is 6.92 Å². The van der Waals surface area contributed by atoms with Crippen LogP contribution < -0.4 is 5.73 Å². The van der Waals surface area contributed by atoms with Crippen LogP contribution in [0.4, 0.5) is 0 Å². The number of aromatic amines is 1. The van der Waals surface area contributed by atoms with Gasteiger partial charge in [0.05, 0.1) is 17.0 Å². The Bertz CT molecular complexity index is 1090. The van der Waals surface area contributed by atoms with E-state index >= 15 is 0 Å². The molecule has 0 atom stereocenters. The van der Waals surface area contributed by atoms with E-state index in [1.165, 1.54) is 0 Å². The number of fused-ring (bicyclic) bond motifs is 3. The predicted octanol–water partition coefficient (Wildman–Crippen LogP) is 3.23. The molecule has 0 saturated heterocycles. The minimum absolute atomic E-state index is 0.206. The molecule has 1 saturated carbocycles. The van der Waals surface area contributed by atoms with Gasteiger partial charge >= 0.3 is 5.97 Å². The van der Waals surface area contributed by atoms with E-state index in [1.807, 2.05) is 37.5 Å². The number of aryl methyl sites for hydroxylation is 2. The average molecular weight is 374 g/mol. The molecule has 2 aliphatic carbocycles. The number of hydrogen-bond acceptors (Lipinski definition) is 4. The molecule has 28 heavy (non-hydrogen) atoms. The summed E-state index contributed by atoms with van der Waals surface area (Å²) in [7, 11) is 0. The number of pyridine rings is 2. The number of carboxylic acids is 1. The van der Waals surface area contributed by atoms with Gasteiger partial charge in [0, 0.05) is 46.9 Å². The summed E-state index contributed by atoms with van der Waals surface area (Å²) >= 11 is 0. The zero-order valence-corrected chi connectivity index (χ0v) is 15.7. The number of H-pyrrole nitrogens is 1. The monoisotopic (exact) mass is 374 g/mol. The molecule has 6 heteroatoms. The maximum Gasteiger partial charge on any atom is 0.337 e. The van der Waals surface area contributed by atoms with E-state index in [0.717, 1.165) is 64.3 Å². The van der Waals surface area contributed by atoms with Gasteiger partial charge < -0.3 is 15.8 Å². The molecular formula is C22H22N4O2. The maximum absolute atomic E-state index is 12.1. The SMILES string of the molecule is Cc1ccc(-c2cc3c(cn2)CCc2c-3[nH]c(C3(CN)CC3)c2C(=O)O)cn1. The van der Waals surface area contributed by atoms with Gasteiger partial charge in [0.15, 0.2) is 0 Å². The highest BCUT2D eigenvalue weighted by molar-refractivity contribution is 5.95. The van der Waals surface area contributed by atoms with E-state index in [0.29, 0.717) is 18.5 Å². The molecule has 4 N–H and O–H groups in total. The Kier molecular flexibility index (Phi) is 3.67. The molecule has 0 unspecified atom stereocenters. The number of hydrogen-bond donors (Lipinski definition) is 3. The van der Waals surface area contributed by atoms with Gasteiger partial charge in [0.2, 0.25) is 0 Å². The number of nitrogens with two attached hydrogens (primary N) is 1. The molecule has 2 aliphatic rings. The van der Waals surface area contributed by atoms with E-state index in [-0.39, 0.29) is 5.41 Å². The van der Waals surface area contributed by atoms with Crippen molar-refractivity contribution in [2.24, 2.45) is 5.73 Å². The lowest BCUT2D eigenvalue weighted by atomic mass is 9.87. The lowest BCUT2D eigenvalue weighted by Crippen LogP contribution is -2.23. The Labute approximate surface area is 162 Å². The van der Waals surface area contributed by atoms with E-state index in [2.05, 4.69) is 15.0 Å². The number of carbonyl (C=O) groups is 1. The van der Waals surface area contributed by atoms with Crippen molar-refractivity contribution in [1.82, 2.24) is 15.0 Å². The van der Waals surface area contributed by atoms with Crippen molar-refractivity contribution in [3.8, 4) is 22.5 Å². The quantitative estimate of drug-likeness (QED) is 0.650. The molecule has 1 fully saturated rings. The maximum atomic E-state index is 12.1. The fourth-order valence-electron chi connectivity index (χ4n) is 4.31. The lowest BCUT2D eigenvalue weighted by molar-refractivity contribution is 0.0694. The topological polar surface area (TPSA) is 105 Å². The highest BCUT2D eigenvalue weighted by atomic mass is 16.4. The first-order chi connectivity index (χ1) is 13.5. The van der Waals surface area contributed by atoms with Crippen LogP contribution in [0.1, 0.15) is 45.7 Å². The first-order valence-electron chi connectivity index (χ1n) is 9.63. The standard InChI is InChI=1S/C22H22N4O2/c1-12-2-3-14(10-24-12)17-8-16-13(9-25-17)4-5-15-18(21(27)28)20(26-19(15)16)22(11-23)6-7-22/h2-3,8-10,26H,4-7,11,23H2,1H3,(H,27,28). The van der Waals surface area contributed by atoms with Gasteiger partial charge in [-0.25, -0.2) is 4.79 Å². The molecule has 5 rings (SSSR count). The molecular weight excluding hydrogens is 352 g/mol. The Morgan fingerprint density at radius 1 is 1.25 bits per heavy atom. The Balaban J connectivity index is 1.68. The molecule has 3 heterocycles. The normalized spacial score (nSPS) is 16.4. The Hall–Kier alpha value is -2.99. The summed E-state index contributed by atoms with van der Waals surface area (Å²) in [5, 5.41) is 9.92. The lowest BCUT2D eigenvalue weighted by Gasteiger charge is -2.17. The second kappa shape index (κ2) is 6.01. The van der Waals surface area contributed by atoms with E-state index in [4.69, 9.17) is 5.73 Å². The third-order valence-electron chi connectivity index (χ3n) is 6.20. The first-order valence-corrected chi connectivity index (χ1v) is 9.63. The van der Waals surface area contributed by atoms with Crippen molar-refractivity contribution in [3.05, 3.63) is 58.7 Å². The van der Waals surface area contributed by atoms with Gasteiger partial charge in [0.1, 0.15) is 0 Å². The van der Waals surface area contributed by atoms with Crippen molar-refractivity contribution in [1.29, 1.82) is 0 Å².